The minimum Gasteiger partial charge on any atom is -0.372 e. The van der Waals surface area contributed by atoms with Gasteiger partial charge in [-0.3, -0.25) is 19.7 Å². The summed E-state index contributed by atoms with van der Waals surface area (Å²) in [4.78, 5) is 33.2. The summed E-state index contributed by atoms with van der Waals surface area (Å²) in [7, 11) is 0. The highest BCUT2D eigenvalue weighted by molar-refractivity contribution is 6.01. The van der Waals surface area contributed by atoms with E-state index in [1.54, 1.807) is 6.92 Å². The van der Waals surface area contributed by atoms with E-state index in [-0.39, 0.29) is 24.8 Å². The summed E-state index contributed by atoms with van der Waals surface area (Å²) in [6, 6.07) is -0.615. The summed E-state index contributed by atoms with van der Waals surface area (Å²) >= 11 is 0. The van der Waals surface area contributed by atoms with Crippen molar-refractivity contribution in [3.63, 3.8) is 0 Å². The van der Waals surface area contributed by atoms with Crippen molar-refractivity contribution in [1.29, 1.82) is 0 Å². The molecule has 0 bridgehead atoms. The Morgan fingerprint density at radius 2 is 2.33 bits per heavy atom. The molecule has 3 amide bonds. The first-order valence-electron chi connectivity index (χ1n) is 4.84. The van der Waals surface area contributed by atoms with Gasteiger partial charge in [0, 0.05) is 13.0 Å². The van der Waals surface area contributed by atoms with Gasteiger partial charge in [0.05, 0.1) is 0 Å². The van der Waals surface area contributed by atoms with E-state index in [0.717, 1.165) is 0 Å². The largest absolute Gasteiger partial charge is 0.372 e. The maximum Gasteiger partial charge on any atom is 0.249 e. The van der Waals surface area contributed by atoms with Crippen molar-refractivity contribution in [2.24, 2.45) is 0 Å². The molecule has 0 aromatic heterocycles. The van der Waals surface area contributed by atoms with Crippen molar-refractivity contribution >= 4 is 17.7 Å². The second kappa shape index (κ2) is 5.45. The number of rotatable bonds is 4. The Bertz CT molecular complexity index is 277. The number of nitrogens with one attached hydrogen (secondary N) is 2. The molecule has 0 aromatic carbocycles. The molecule has 1 rings (SSSR count). The lowest BCUT2D eigenvalue weighted by atomic mass is 10.1. The molecule has 1 heterocycles. The number of amides is 3. The lowest BCUT2D eigenvalue weighted by Crippen LogP contribution is -2.52. The number of carbonyl (C=O) groups is 3. The van der Waals surface area contributed by atoms with Crippen LogP contribution in [0.25, 0.3) is 0 Å². The normalized spacial score (nSPS) is 21.0. The number of hydrogen-bond donors (Lipinski definition) is 2. The quantitative estimate of drug-likeness (QED) is 0.584. The molecule has 15 heavy (non-hydrogen) atoms. The lowest BCUT2D eigenvalue weighted by Gasteiger charge is -2.21. The van der Waals surface area contributed by atoms with Crippen LogP contribution in [0.2, 0.25) is 0 Å². The van der Waals surface area contributed by atoms with Crippen molar-refractivity contribution < 1.29 is 19.1 Å². The first kappa shape index (κ1) is 11.6. The van der Waals surface area contributed by atoms with E-state index in [9.17, 15) is 14.4 Å². The molecule has 0 radical (unpaired) electrons. The third-order valence-electron chi connectivity index (χ3n) is 2.01. The van der Waals surface area contributed by atoms with Crippen LogP contribution < -0.4 is 10.6 Å². The van der Waals surface area contributed by atoms with Gasteiger partial charge in [0.15, 0.2) is 0 Å². The number of imide groups is 1. The molecule has 1 aliphatic rings. The van der Waals surface area contributed by atoms with E-state index in [4.69, 9.17) is 4.74 Å². The van der Waals surface area contributed by atoms with Gasteiger partial charge in [0.2, 0.25) is 17.7 Å². The van der Waals surface area contributed by atoms with Crippen LogP contribution in [-0.2, 0) is 19.1 Å². The zero-order valence-corrected chi connectivity index (χ0v) is 8.54. The SMILES string of the molecule is CCOCC(=O)NC1CCC(=O)NC1=O. The number of piperidine rings is 1. The zero-order valence-electron chi connectivity index (χ0n) is 8.54. The fourth-order valence-corrected chi connectivity index (χ4v) is 1.26. The lowest BCUT2D eigenvalue weighted by molar-refractivity contribution is -0.138. The molecule has 0 spiro atoms. The first-order valence-corrected chi connectivity index (χ1v) is 4.84. The summed E-state index contributed by atoms with van der Waals surface area (Å²) in [5.41, 5.74) is 0. The topological polar surface area (TPSA) is 84.5 Å². The average Bonchev–Trinajstić information content (AvgIpc) is 2.19. The number of carbonyl (C=O) groups excluding carboxylic acids is 3. The van der Waals surface area contributed by atoms with Gasteiger partial charge in [-0.15, -0.1) is 0 Å². The van der Waals surface area contributed by atoms with E-state index < -0.39 is 11.9 Å². The van der Waals surface area contributed by atoms with Crippen LogP contribution in [0.4, 0.5) is 0 Å². The average molecular weight is 214 g/mol. The standard InChI is InChI=1S/C9H14N2O4/c1-2-15-5-8(13)10-6-3-4-7(12)11-9(6)14/h6H,2-5H2,1H3,(H,10,13)(H,11,12,14). The third-order valence-corrected chi connectivity index (χ3v) is 2.01. The van der Waals surface area contributed by atoms with Crippen molar-refractivity contribution in [2.45, 2.75) is 25.8 Å². The van der Waals surface area contributed by atoms with Crippen molar-refractivity contribution in [3.05, 3.63) is 0 Å². The van der Waals surface area contributed by atoms with Gasteiger partial charge >= 0.3 is 0 Å². The van der Waals surface area contributed by atoms with Gasteiger partial charge in [0.1, 0.15) is 12.6 Å². The van der Waals surface area contributed by atoms with Gasteiger partial charge in [-0.25, -0.2) is 0 Å². The van der Waals surface area contributed by atoms with E-state index in [1.807, 2.05) is 0 Å². The summed E-state index contributed by atoms with van der Waals surface area (Å²) in [6.45, 7) is 2.16. The van der Waals surface area contributed by atoms with Crippen LogP contribution in [-0.4, -0.2) is 37.0 Å². The molecule has 1 fully saturated rings. The maximum atomic E-state index is 11.2. The first-order chi connectivity index (χ1) is 7.13. The third kappa shape index (κ3) is 3.67. The fraction of sp³-hybridized carbons (Fsp3) is 0.667. The molecule has 1 aliphatic heterocycles. The molecule has 6 nitrogen and oxygen atoms in total. The van der Waals surface area contributed by atoms with Crippen LogP contribution in [0.1, 0.15) is 19.8 Å². The van der Waals surface area contributed by atoms with Gasteiger partial charge in [-0.2, -0.15) is 0 Å². The van der Waals surface area contributed by atoms with Gasteiger partial charge in [-0.1, -0.05) is 0 Å². The Morgan fingerprint density at radius 1 is 1.60 bits per heavy atom. The predicted octanol–water partition coefficient (Wildman–Crippen LogP) is -1.06. The van der Waals surface area contributed by atoms with Crippen LogP contribution in [0, 0.1) is 0 Å². The van der Waals surface area contributed by atoms with E-state index in [1.165, 1.54) is 0 Å². The van der Waals surface area contributed by atoms with Gasteiger partial charge in [0.25, 0.3) is 0 Å². The van der Waals surface area contributed by atoms with Crippen LogP contribution >= 0.6 is 0 Å². The molecule has 6 heteroatoms. The smallest absolute Gasteiger partial charge is 0.249 e. The maximum absolute atomic E-state index is 11.2. The number of hydrogen-bond acceptors (Lipinski definition) is 4. The molecular formula is C9H14N2O4. The minimum absolute atomic E-state index is 0.0613. The molecule has 0 saturated carbocycles. The molecular weight excluding hydrogens is 200 g/mol. The Balaban J connectivity index is 2.34. The molecule has 84 valence electrons. The van der Waals surface area contributed by atoms with Crippen molar-refractivity contribution in [3.8, 4) is 0 Å². The van der Waals surface area contributed by atoms with Crippen LogP contribution in [0.5, 0.6) is 0 Å². The Morgan fingerprint density at radius 3 is 2.93 bits per heavy atom. The molecule has 0 aromatic rings. The second-order valence-electron chi connectivity index (χ2n) is 3.21. The monoisotopic (exact) mass is 214 g/mol. The summed E-state index contributed by atoms with van der Waals surface area (Å²) < 4.78 is 4.88. The second-order valence-corrected chi connectivity index (χ2v) is 3.21. The highest BCUT2D eigenvalue weighted by Crippen LogP contribution is 2.03. The van der Waals surface area contributed by atoms with Crippen LogP contribution in [0.15, 0.2) is 0 Å². The molecule has 0 aliphatic carbocycles. The highest BCUT2D eigenvalue weighted by atomic mass is 16.5. The van der Waals surface area contributed by atoms with Crippen molar-refractivity contribution in [2.75, 3.05) is 13.2 Å². The van der Waals surface area contributed by atoms with Crippen LogP contribution in [0.3, 0.4) is 0 Å². The number of ether oxygens (including phenoxy) is 1. The van der Waals surface area contributed by atoms with E-state index in [2.05, 4.69) is 10.6 Å². The predicted molar refractivity (Wildman–Crippen MR) is 50.8 cm³/mol. The fourth-order valence-electron chi connectivity index (χ4n) is 1.26. The van der Waals surface area contributed by atoms with Gasteiger partial charge < -0.3 is 10.1 Å². The molecule has 2 N–H and O–H groups in total. The Labute approximate surface area is 87.4 Å². The van der Waals surface area contributed by atoms with E-state index in [0.29, 0.717) is 13.0 Å². The summed E-state index contributed by atoms with van der Waals surface area (Å²) in [6.07, 6.45) is 0.605. The molecule has 1 unspecified atom stereocenters. The minimum atomic E-state index is -0.615. The Hall–Kier alpha value is -1.43. The summed E-state index contributed by atoms with van der Waals surface area (Å²) in [5.74, 6) is -1.09. The highest BCUT2D eigenvalue weighted by Gasteiger charge is 2.27. The zero-order chi connectivity index (χ0) is 11.3. The Kier molecular flexibility index (Phi) is 4.23. The van der Waals surface area contributed by atoms with Gasteiger partial charge in [-0.05, 0) is 13.3 Å². The molecule has 1 atom stereocenters. The van der Waals surface area contributed by atoms with E-state index >= 15 is 0 Å². The molecule has 1 saturated heterocycles. The van der Waals surface area contributed by atoms with Crippen molar-refractivity contribution in [1.82, 2.24) is 10.6 Å². The summed E-state index contributed by atoms with van der Waals surface area (Å²) in [5, 5.41) is 4.65.